The molecule has 1 aromatic heterocycles. The topological polar surface area (TPSA) is 66.7 Å². The van der Waals surface area contributed by atoms with Gasteiger partial charge in [0.05, 0.1) is 17.8 Å². The molecule has 0 fully saturated rings. The van der Waals surface area contributed by atoms with E-state index in [2.05, 4.69) is 31.4 Å². The van der Waals surface area contributed by atoms with E-state index in [0.29, 0.717) is 21.2 Å². The van der Waals surface area contributed by atoms with Crippen molar-refractivity contribution in [2.24, 2.45) is 5.10 Å². The van der Waals surface area contributed by atoms with E-state index in [9.17, 15) is 5.11 Å². The van der Waals surface area contributed by atoms with Gasteiger partial charge >= 0.3 is 0 Å². The molecule has 0 radical (unpaired) electrons. The molecular weight excluding hydrogens is 346 g/mol. The first kappa shape index (κ1) is 14.6. The van der Waals surface area contributed by atoms with Crippen LogP contribution in [0, 0.1) is 0 Å². The Balaban J connectivity index is 2.14. The molecule has 0 atom stereocenters. The maximum Gasteiger partial charge on any atom is 0.172 e. The van der Waals surface area contributed by atoms with Crippen LogP contribution in [-0.2, 0) is 0 Å². The van der Waals surface area contributed by atoms with Crippen LogP contribution in [0.15, 0.2) is 39.9 Å². The van der Waals surface area contributed by atoms with Crippen LogP contribution >= 0.6 is 27.5 Å². The summed E-state index contributed by atoms with van der Waals surface area (Å²) in [6.07, 6.45) is 1.58. The van der Waals surface area contributed by atoms with Crippen LogP contribution in [0.3, 0.4) is 0 Å². The highest BCUT2D eigenvalue weighted by Crippen LogP contribution is 2.34. The number of anilines is 1. The normalized spacial score (nSPS) is 10.8. The Hall–Kier alpha value is -1.79. The van der Waals surface area contributed by atoms with E-state index in [-0.39, 0.29) is 5.75 Å². The minimum atomic E-state index is 0.0501. The molecule has 0 aliphatic rings. The predicted molar refractivity (Wildman–Crippen MR) is 82.8 cm³/mol. The van der Waals surface area contributed by atoms with Crippen molar-refractivity contribution in [3.63, 3.8) is 0 Å². The molecule has 1 heterocycles. The quantitative estimate of drug-likeness (QED) is 0.498. The van der Waals surface area contributed by atoms with Crippen molar-refractivity contribution >= 4 is 39.6 Å². The average Bonchev–Trinajstić information content (AvgIpc) is 2.42. The van der Waals surface area contributed by atoms with Gasteiger partial charge in [0.25, 0.3) is 0 Å². The van der Waals surface area contributed by atoms with Crippen LogP contribution in [0.25, 0.3) is 0 Å². The lowest BCUT2D eigenvalue weighted by Gasteiger charge is -2.06. The number of hydrazone groups is 1. The summed E-state index contributed by atoms with van der Waals surface area (Å²) in [7, 11) is 1.48. The lowest BCUT2D eigenvalue weighted by atomic mass is 10.2. The second-order valence-corrected chi connectivity index (χ2v) is 5.01. The molecule has 0 spiro atoms. The largest absolute Gasteiger partial charge is 0.503 e. The van der Waals surface area contributed by atoms with Crippen LogP contribution in [-0.4, -0.2) is 23.4 Å². The number of aromatic hydroxyl groups is 1. The third-order valence-corrected chi connectivity index (χ3v) is 3.19. The van der Waals surface area contributed by atoms with E-state index in [1.165, 1.54) is 7.11 Å². The van der Waals surface area contributed by atoms with Crippen molar-refractivity contribution < 1.29 is 9.84 Å². The van der Waals surface area contributed by atoms with Crippen LogP contribution in [0.1, 0.15) is 5.56 Å². The smallest absolute Gasteiger partial charge is 0.172 e. The van der Waals surface area contributed by atoms with E-state index < -0.39 is 0 Å². The summed E-state index contributed by atoms with van der Waals surface area (Å²) >= 11 is 9.01. The molecule has 0 saturated heterocycles. The highest BCUT2D eigenvalue weighted by molar-refractivity contribution is 9.10. The second-order valence-electron chi connectivity index (χ2n) is 3.77. The van der Waals surface area contributed by atoms with E-state index in [1.54, 1.807) is 36.5 Å². The van der Waals surface area contributed by atoms with Crippen LogP contribution in [0.2, 0.25) is 5.15 Å². The number of phenols is 1. The van der Waals surface area contributed by atoms with E-state index >= 15 is 0 Å². The van der Waals surface area contributed by atoms with E-state index in [4.69, 9.17) is 16.3 Å². The molecule has 0 amide bonds. The van der Waals surface area contributed by atoms with Crippen molar-refractivity contribution in [2.45, 2.75) is 0 Å². The van der Waals surface area contributed by atoms with Gasteiger partial charge in [-0.05, 0) is 45.8 Å². The van der Waals surface area contributed by atoms with E-state index in [0.717, 1.165) is 5.56 Å². The number of aromatic nitrogens is 1. The minimum absolute atomic E-state index is 0.0501. The summed E-state index contributed by atoms with van der Waals surface area (Å²) in [4.78, 5) is 4.04. The molecule has 2 rings (SSSR count). The lowest BCUT2D eigenvalue weighted by Crippen LogP contribution is -1.94. The number of nitrogens with one attached hydrogen (secondary N) is 1. The summed E-state index contributed by atoms with van der Waals surface area (Å²) in [5, 5.41) is 14.1. The average molecular weight is 357 g/mol. The van der Waals surface area contributed by atoms with Gasteiger partial charge in [0.2, 0.25) is 0 Å². The number of ether oxygens (including phenoxy) is 1. The zero-order valence-corrected chi connectivity index (χ0v) is 12.8. The molecular formula is C13H11BrClN3O2. The van der Waals surface area contributed by atoms with Gasteiger partial charge in [-0.1, -0.05) is 17.7 Å². The first-order valence-electron chi connectivity index (χ1n) is 5.58. The standard InChI is InChI=1S/C13H11BrClN3O2/c1-20-10-6-8(5-9(14)13(10)19)7-16-18-12-4-2-3-11(15)17-12/h2-7,19H,1H3,(H,17,18)/b16-7-. The number of methoxy groups -OCH3 is 1. The van der Waals surface area contributed by atoms with Crippen LogP contribution < -0.4 is 10.2 Å². The second kappa shape index (κ2) is 6.58. The van der Waals surface area contributed by atoms with Crippen LogP contribution in [0.4, 0.5) is 5.82 Å². The SMILES string of the molecule is COc1cc(/C=N\Nc2cccc(Cl)n2)cc(Br)c1O. The molecule has 0 aliphatic heterocycles. The molecule has 5 nitrogen and oxygen atoms in total. The van der Waals surface area contributed by atoms with Crippen molar-refractivity contribution in [1.29, 1.82) is 0 Å². The van der Waals surface area contributed by atoms with Gasteiger partial charge in [-0.3, -0.25) is 5.43 Å². The van der Waals surface area contributed by atoms with Crippen molar-refractivity contribution in [1.82, 2.24) is 4.98 Å². The summed E-state index contributed by atoms with van der Waals surface area (Å²) in [5.74, 6) is 0.953. The zero-order valence-electron chi connectivity index (χ0n) is 10.5. The van der Waals surface area contributed by atoms with Crippen molar-refractivity contribution in [3.8, 4) is 11.5 Å². The Labute approximate surface area is 129 Å². The Morgan fingerprint density at radius 2 is 2.25 bits per heavy atom. The Morgan fingerprint density at radius 1 is 1.45 bits per heavy atom. The van der Waals surface area contributed by atoms with Crippen molar-refractivity contribution in [2.75, 3.05) is 12.5 Å². The van der Waals surface area contributed by atoms with Gasteiger partial charge in [-0.25, -0.2) is 4.98 Å². The Kier molecular flexibility index (Phi) is 4.81. The Morgan fingerprint density at radius 3 is 2.95 bits per heavy atom. The zero-order chi connectivity index (χ0) is 14.5. The summed E-state index contributed by atoms with van der Waals surface area (Å²) in [6, 6.07) is 8.58. The number of hydrogen-bond donors (Lipinski definition) is 2. The first-order chi connectivity index (χ1) is 9.60. The fourth-order valence-electron chi connectivity index (χ4n) is 1.47. The summed E-state index contributed by atoms with van der Waals surface area (Å²) < 4.78 is 5.58. The summed E-state index contributed by atoms with van der Waals surface area (Å²) in [5.41, 5.74) is 3.51. The first-order valence-corrected chi connectivity index (χ1v) is 6.75. The highest BCUT2D eigenvalue weighted by Gasteiger charge is 2.07. The minimum Gasteiger partial charge on any atom is -0.503 e. The van der Waals surface area contributed by atoms with E-state index in [1.807, 2.05) is 0 Å². The number of halogens is 2. The number of benzene rings is 1. The maximum atomic E-state index is 9.70. The monoisotopic (exact) mass is 355 g/mol. The molecule has 104 valence electrons. The molecule has 2 aromatic rings. The van der Waals surface area contributed by atoms with Gasteiger partial charge < -0.3 is 9.84 Å². The maximum absolute atomic E-state index is 9.70. The summed E-state index contributed by atoms with van der Waals surface area (Å²) in [6.45, 7) is 0. The number of pyridine rings is 1. The molecule has 0 saturated carbocycles. The van der Waals surface area contributed by atoms with Gasteiger partial charge in [0, 0.05) is 0 Å². The third-order valence-electron chi connectivity index (χ3n) is 2.38. The molecule has 0 unspecified atom stereocenters. The highest BCUT2D eigenvalue weighted by atomic mass is 79.9. The van der Waals surface area contributed by atoms with Gasteiger partial charge in [0.15, 0.2) is 11.5 Å². The van der Waals surface area contributed by atoms with Crippen LogP contribution in [0.5, 0.6) is 11.5 Å². The van der Waals surface area contributed by atoms with Gasteiger partial charge in [0.1, 0.15) is 11.0 Å². The molecule has 2 N–H and O–H groups in total. The lowest BCUT2D eigenvalue weighted by molar-refractivity contribution is 0.372. The fraction of sp³-hybridized carbons (Fsp3) is 0.0769. The van der Waals surface area contributed by atoms with Gasteiger partial charge in [-0.15, -0.1) is 0 Å². The van der Waals surface area contributed by atoms with Crippen molar-refractivity contribution in [3.05, 3.63) is 45.5 Å². The number of phenolic OH excluding ortho intramolecular Hbond substituents is 1. The number of nitrogens with zero attached hydrogens (tertiary/aromatic N) is 2. The Bertz CT molecular complexity index is 650. The molecule has 7 heteroatoms. The number of hydrogen-bond acceptors (Lipinski definition) is 5. The molecule has 20 heavy (non-hydrogen) atoms. The third kappa shape index (κ3) is 3.61. The molecule has 0 bridgehead atoms. The predicted octanol–water partition coefficient (Wildman–Crippen LogP) is 3.66. The van der Waals surface area contributed by atoms with Gasteiger partial charge in [-0.2, -0.15) is 5.10 Å². The molecule has 0 aliphatic carbocycles. The number of rotatable bonds is 4. The molecule has 1 aromatic carbocycles. The fourth-order valence-corrected chi connectivity index (χ4v) is 2.09.